The van der Waals surface area contributed by atoms with Crippen molar-refractivity contribution in [1.82, 2.24) is 19.8 Å². The molecule has 1 aromatic heterocycles. The largest absolute Gasteiger partial charge is 0.374 e. The van der Waals surface area contributed by atoms with Crippen LogP contribution in [0.5, 0.6) is 0 Å². The number of likely N-dealkylation sites (N-methyl/N-ethyl adjacent to an activating group) is 1. The summed E-state index contributed by atoms with van der Waals surface area (Å²) in [6.45, 7) is 2.98. The Morgan fingerprint density at radius 3 is 3.18 bits per heavy atom. The Balaban J connectivity index is 1.93. The number of carbonyl (C=O) groups is 1. The van der Waals surface area contributed by atoms with Crippen molar-refractivity contribution in [1.29, 1.82) is 0 Å². The summed E-state index contributed by atoms with van der Waals surface area (Å²) in [5.74, 6) is -0.0285. The van der Waals surface area contributed by atoms with E-state index >= 15 is 0 Å². The molecule has 1 unspecified atom stereocenters. The lowest BCUT2D eigenvalue weighted by Gasteiger charge is -2.28. The third-order valence-corrected chi connectivity index (χ3v) is 2.86. The second kappa shape index (κ2) is 5.29. The van der Waals surface area contributed by atoms with Gasteiger partial charge in [0, 0.05) is 33.7 Å². The van der Waals surface area contributed by atoms with Gasteiger partial charge >= 0.3 is 0 Å². The van der Waals surface area contributed by atoms with Crippen molar-refractivity contribution < 1.29 is 9.53 Å². The Morgan fingerprint density at radius 2 is 2.59 bits per heavy atom. The Hall–Kier alpha value is -1.40. The summed E-state index contributed by atoms with van der Waals surface area (Å²) in [6.07, 6.45) is 3.28. The molecule has 6 nitrogen and oxygen atoms in total. The molecule has 1 atom stereocenters. The number of aromatic nitrogens is 2. The maximum atomic E-state index is 12.1. The van der Waals surface area contributed by atoms with Gasteiger partial charge in [-0.15, -0.1) is 0 Å². The number of carbonyl (C=O) groups excluding carboxylic acids is 1. The van der Waals surface area contributed by atoms with Gasteiger partial charge in [0.25, 0.3) is 5.91 Å². The molecule has 1 N–H and O–H groups in total. The van der Waals surface area contributed by atoms with Crippen LogP contribution in [0.4, 0.5) is 0 Å². The SMILES string of the molecule is CN(CC1CNCCO1)C(=O)c1cncn1C. The molecule has 94 valence electrons. The van der Waals surface area contributed by atoms with Crippen molar-refractivity contribution in [2.75, 3.05) is 33.3 Å². The van der Waals surface area contributed by atoms with Gasteiger partial charge in [-0.3, -0.25) is 4.79 Å². The monoisotopic (exact) mass is 238 g/mol. The van der Waals surface area contributed by atoms with Crippen LogP contribution >= 0.6 is 0 Å². The predicted octanol–water partition coefficient (Wildman–Crippen LogP) is -0.519. The predicted molar refractivity (Wildman–Crippen MR) is 62.8 cm³/mol. The first-order valence-corrected chi connectivity index (χ1v) is 5.72. The number of nitrogens with one attached hydrogen (secondary N) is 1. The number of ether oxygens (including phenoxy) is 1. The van der Waals surface area contributed by atoms with E-state index < -0.39 is 0 Å². The van der Waals surface area contributed by atoms with Gasteiger partial charge in [0.2, 0.25) is 0 Å². The fraction of sp³-hybridized carbons (Fsp3) is 0.636. The second-order valence-corrected chi connectivity index (χ2v) is 4.27. The first kappa shape index (κ1) is 12.1. The van der Waals surface area contributed by atoms with Crippen LogP contribution in [0.1, 0.15) is 10.5 Å². The zero-order valence-corrected chi connectivity index (χ0v) is 10.2. The van der Waals surface area contributed by atoms with Crippen molar-refractivity contribution in [3.05, 3.63) is 18.2 Å². The normalized spacial score (nSPS) is 20.2. The van der Waals surface area contributed by atoms with Crippen LogP contribution in [0.3, 0.4) is 0 Å². The van der Waals surface area contributed by atoms with Gasteiger partial charge in [-0.25, -0.2) is 4.98 Å². The number of rotatable bonds is 3. The number of amides is 1. The molecule has 1 aromatic rings. The first-order chi connectivity index (χ1) is 8.18. The Kier molecular flexibility index (Phi) is 3.75. The molecular weight excluding hydrogens is 220 g/mol. The zero-order valence-electron chi connectivity index (χ0n) is 10.2. The maximum absolute atomic E-state index is 12.1. The molecule has 2 heterocycles. The summed E-state index contributed by atoms with van der Waals surface area (Å²) in [7, 11) is 3.60. The summed E-state index contributed by atoms with van der Waals surface area (Å²) >= 11 is 0. The van der Waals surface area contributed by atoms with Gasteiger partial charge in [-0.2, -0.15) is 0 Å². The average molecular weight is 238 g/mol. The van der Waals surface area contributed by atoms with Crippen LogP contribution in [0.2, 0.25) is 0 Å². The minimum Gasteiger partial charge on any atom is -0.374 e. The van der Waals surface area contributed by atoms with Gasteiger partial charge in [0.1, 0.15) is 5.69 Å². The summed E-state index contributed by atoms with van der Waals surface area (Å²) < 4.78 is 7.29. The number of nitrogens with zero attached hydrogens (tertiary/aromatic N) is 3. The molecule has 1 fully saturated rings. The summed E-state index contributed by atoms with van der Waals surface area (Å²) in [5, 5.41) is 3.24. The zero-order chi connectivity index (χ0) is 12.3. The first-order valence-electron chi connectivity index (χ1n) is 5.72. The third kappa shape index (κ3) is 2.83. The summed E-state index contributed by atoms with van der Waals surface area (Å²) in [6, 6.07) is 0. The van der Waals surface area contributed by atoms with E-state index in [-0.39, 0.29) is 12.0 Å². The van der Waals surface area contributed by atoms with Gasteiger partial charge in [0.05, 0.1) is 25.2 Å². The molecule has 2 rings (SSSR count). The van der Waals surface area contributed by atoms with Crippen molar-refractivity contribution in [3.63, 3.8) is 0 Å². The van der Waals surface area contributed by atoms with E-state index in [1.165, 1.54) is 0 Å². The standard InChI is InChI=1S/C11H18N4O2/c1-14(7-9-5-12-3-4-17-9)11(16)10-6-13-8-15(10)2/h6,8-9,12H,3-5,7H2,1-2H3. The second-order valence-electron chi connectivity index (χ2n) is 4.27. The molecule has 0 saturated carbocycles. The van der Waals surface area contributed by atoms with Crippen LogP contribution < -0.4 is 5.32 Å². The van der Waals surface area contributed by atoms with Crippen molar-refractivity contribution in [3.8, 4) is 0 Å². The molecule has 0 radical (unpaired) electrons. The van der Waals surface area contributed by atoms with Crippen LogP contribution in [0, 0.1) is 0 Å². The Morgan fingerprint density at radius 1 is 1.76 bits per heavy atom. The molecule has 0 aliphatic carbocycles. The van der Waals surface area contributed by atoms with Gasteiger partial charge in [-0.05, 0) is 0 Å². The lowest BCUT2D eigenvalue weighted by molar-refractivity contribution is 0.0102. The Labute approximate surface area is 101 Å². The van der Waals surface area contributed by atoms with E-state index in [1.54, 1.807) is 29.0 Å². The average Bonchev–Trinajstić information content (AvgIpc) is 2.76. The topological polar surface area (TPSA) is 59.4 Å². The van der Waals surface area contributed by atoms with Crippen molar-refractivity contribution in [2.24, 2.45) is 7.05 Å². The van der Waals surface area contributed by atoms with E-state index in [0.29, 0.717) is 18.8 Å². The molecule has 17 heavy (non-hydrogen) atoms. The summed E-state index contributed by atoms with van der Waals surface area (Å²) in [5.41, 5.74) is 0.594. The van der Waals surface area contributed by atoms with Crippen LogP contribution in [0.25, 0.3) is 0 Å². The molecule has 0 aromatic carbocycles. The highest BCUT2D eigenvalue weighted by Crippen LogP contribution is 2.04. The van der Waals surface area contributed by atoms with E-state index in [0.717, 1.165) is 13.1 Å². The molecule has 1 aliphatic heterocycles. The highest BCUT2D eigenvalue weighted by molar-refractivity contribution is 5.92. The van der Waals surface area contributed by atoms with Gasteiger partial charge in [-0.1, -0.05) is 0 Å². The van der Waals surface area contributed by atoms with E-state index in [1.807, 2.05) is 7.05 Å². The minimum atomic E-state index is -0.0285. The molecule has 1 saturated heterocycles. The molecule has 1 amide bonds. The highest BCUT2D eigenvalue weighted by Gasteiger charge is 2.20. The maximum Gasteiger partial charge on any atom is 0.271 e. The van der Waals surface area contributed by atoms with Crippen LogP contribution in [-0.4, -0.2) is 59.8 Å². The van der Waals surface area contributed by atoms with Crippen LogP contribution in [0.15, 0.2) is 12.5 Å². The highest BCUT2D eigenvalue weighted by atomic mass is 16.5. The molecule has 6 heteroatoms. The number of imidazole rings is 1. The van der Waals surface area contributed by atoms with Crippen molar-refractivity contribution in [2.45, 2.75) is 6.10 Å². The third-order valence-electron chi connectivity index (χ3n) is 2.86. The fourth-order valence-electron chi connectivity index (χ4n) is 1.88. The molecular formula is C11H18N4O2. The van der Waals surface area contributed by atoms with Gasteiger partial charge in [0.15, 0.2) is 0 Å². The lowest BCUT2D eigenvalue weighted by Crippen LogP contribution is -2.45. The lowest BCUT2D eigenvalue weighted by atomic mass is 10.2. The number of hydrogen-bond acceptors (Lipinski definition) is 4. The van der Waals surface area contributed by atoms with E-state index in [9.17, 15) is 4.79 Å². The van der Waals surface area contributed by atoms with E-state index in [2.05, 4.69) is 10.3 Å². The fourth-order valence-corrected chi connectivity index (χ4v) is 1.88. The smallest absolute Gasteiger partial charge is 0.271 e. The molecule has 0 bridgehead atoms. The number of aryl methyl sites for hydroxylation is 1. The quantitative estimate of drug-likeness (QED) is 0.770. The minimum absolute atomic E-state index is 0.0285. The van der Waals surface area contributed by atoms with E-state index in [4.69, 9.17) is 4.74 Å². The Bertz CT molecular complexity index is 385. The number of hydrogen-bond donors (Lipinski definition) is 1. The molecule has 1 aliphatic rings. The van der Waals surface area contributed by atoms with Crippen molar-refractivity contribution >= 4 is 5.91 Å². The van der Waals surface area contributed by atoms with Gasteiger partial charge < -0.3 is 19.5 Å². The molecule has 0 spiro atoms. The van der Waals surface area contributed by atoms with Crippen LogP contribution in [-0.2, 0) is 11.8 Å². The number of morpholine rings is 1. The summed E-state index contributed by atoms with van der Waals surface area (Å²) in [4.78, 5) is 17.7.